The van der Waals surface area contributed by atoms with Crippen molar-refractivity contribution in [1.82, 2.24) is 0 Å². The van der Waals surface area contributed by atoms with E-state index in [2.05, 4.69) is 5.32 Å². The second-order valence-electron chi connectivity index (χ2n) is 6.55. The molecule has 142 valence electrons. The molecule has 1 aliphatic carbocycles. The van der Waals surface area contributed by atoms with Crippen molar-refractivity contribution in [3.8, 4) is 5.75 Å². The SMILES string of the molecule is COc1ccc(NC(=O)[C@H](OC(=O)C2CCCC2)c2ccccc2)cc1Cl. The van der Waals surface area contributed by atoms with E-state index in [1.807, 2.05) is 18.2 Å². The van der Waals surface area contributed by atoms with Crippen LogP contribution < -0.4 is 10.1 Å². The number of anilines is 1. The van der Waals surface area contributed by atoms with Crippen molar-refractivity contribution in [3.05, 3.63) is 59.1 Å². The molecule has 0 bridgehead atoms. The Balaban J connectivity index is 1.78. The van der Waals surface area contributed by atoms with Crippen molar-refractivity contribution in [2.75, 3.05) is 12.4 Å². The summed E-state index contributed by atoms with van der Waals surface area (Å²) in [7, 11) is 1.52. The number of rotatable bonds is 6. The van der Waals surface area contributed by atoms with Crippen LogP contribution in [0.2, 0.25) is 5.02 Å². The lowest BCUT2D eigenvalue weighted by molar-refractivity contribution is -0.158. The molecule has 0 aliphatic heterocycles. The molecule has 1 aliphatic rings. The van der Waals surface area contributed by atoms with Gasteiger partial charge in [-0.2, -0.15) is 0 Å². The molecule has 0 saturated heterocycles. The predicted octanol–water partition coefficient (Wildman–Crippen LogP) is 4.76. The molecule has 1 atom stereocenters. The first kappa shape index (κ1) is 19.2. The smallest absolute Gasteiger partial charge is 0.310 e. The summed E-state index contributed by atoms with van der Waals surface area (Å²) in [5, 5.41) is 3.16. The molecule has 1 fully saturated rings. The first-order chi connectivity index (χ1) is 13.1. The number of carbonyl (C=O) groups is 2. The molecule has 0 unspecified atom stereocenters. The van der Waals surface area contributed by atoms with Crippen molar-refractivity contribution in [2.24, 2.45) is 5.92 Å². The lowest BCUT2D eigenvalue weighted by Crippen LogP contribution is -2.28. The summed E-state index contributed by atoms with van der Waals surface area (Å²) in [6.07, 6.45) is 2.66. The minimum Gasteiger partial charge on any atom is -0.495 e. The van der Waals surface area contributed by atoms with Crippen LogP contribution in [-0.2, 0) is 14.3 Å². The standard InChI is InChI=1S/C21H22ClNO4/c1-26-18-12-11-16(13-17(18)22)23-20(24)19(14-7-3-2-4-8-14)27-21(25)15-9-5-6-10-15/h2-4,7-8,11-13,15,19H,5-6,9-10H2,1H3,(H,23,24)/t19-/m1/s1. The predicted molar refractivity (Wildman–Crippen MR) is 104 cm³/mol. The highest BCUT2D eigenvalue weighted by atomic mass is 35.5. The van der Waals surface area contributed by atoms with E-state index in [-0.39, 0.29) is 11.9 Å². The number of carbonyl (C=O) groups excluding carboxylic acids is 2. The van der Waals surface area contributed by atoms with Crippen LogP contribution in [0.5, 0.6) is 5.75 Å². The van der Waals surface area contributed by atoms with E-state index in [9.17, 15) is 9.59 Å². The van der Waals surface area contributed by atoms with Crippen molar-refractivity contribution < 1.29 is 19.1 Å². The number of esters is 1. The minimum absolute atomic E-state index is 0.126. The molecule has 2 aromatic rings. The fourth-order valence-electron chi connectivity index (χ4n) is 3.23. The second-order valence-corrected chi connectivity index (χ2v) is 6.95. The second kappa shape index (κ2) is 8.91. The van der Waals surface area contributed by atoms with Gasteiger partial charge in [-0.25, -0.2) is 0 Å². The van der Waals surface area contributed by atoms with E-state index in [1.165, 1.54) is 7.11 Å². The van der Waals surface area contributed by atoms with Gasteiger partial charge in [0.25, 0.3) is 5.91 Å². The summed E-state index contributed by atoms with van der Waals surface area (Å²) in [5.74, 6) is -0.348. The van der Waals surface area contributed by atoms with Crippen LogP contribution in [0.3, 0.4) is 0 Å². The summed E-state index contributed by atoms with van der Waals surface area (Å²) in [4.78, 5) is 25.4. The van der Waals surface area contributed by atoms with E-state index in [0.717, 1.165) is 25.7 Å². The fraction of sp³-hybridized carbons (Fsp3) is 0.333. The van der Waals surface area contributed by atoms with Gasteiger partial charge in [-0.15, -0.1) is 0 Å². The van der Waals surface area contributed by atoms with Crippen LogP contribution in [-0.4, -0.2) is 19.0 Å². The topological polar surface area (TPSA) is 64.6 Å². The summed E-state index contributed by atoms with van der Waals surface area (Å²) in [6, 6.07) is 14.0. The van der Waals surface area contributed by atoms with Crippen LogP contribution in [0.1, 0.15) is 37.4 Å². The normalized spacial score (nSPS) is 15.2. The summed E-state index contributed by atoms with van der Waals surface area (Å²) < 4.78 is 10.7. The maximum absolute atomic E-state index is 12.9. The van der Waals surface area contributed by atoms with Crippen LogP contribution in [0, 0.1) is 5.92 Å². The minimum atomic E-state index is -1.01. The highest BCUT2D eigenvalue weighted by Gasteiger charge is 2.30. The third-order valence-corrected chi connectivity index (χ3v) is 4.98. The Hall–Kier alpha value is -2.53. The highest BCUT2D eigenvalue weighted by molar-refractivity contribution is 6.32. The Morgan fingerprint density at radius 1 is 1.11 bits per heavy atom. The van der Waals surface area contributed by atoms with Gasteiger partial charge in [-0.3, -0.25) is 9.59 Å². The molecule has 1 N–H and O–H groups in total. The van der Waals surface area contributed by atoms with E-state index in [0.29, 0.717) is 22.0 Å². The zero-order valence-electron chi connectivity index (χ0n) is 15.1. The third-order valence-electron chi connectivity index (χ3n) is 4.68. The zero-order chi connectivity index (χ0) is 19.2. The Bertz CT molecular complexity index is 803. The van der Waals surface area contributed by atoms with Gasteiger partial charge in [-0.1, -0.05) is 54.8 Å². The Kier molecular flexibility index (Phi) is 6.35. The number of benzene rings is 2. The number of halogens is 1. The third kappa shape index (κ3) is 4.80. The van der Waals surface area contributed by atoms with Gasteiger partial charge in [0.1, 0.15) is 5.75 Å². The van der Waals surface area contributed by atoms with Crippen LogP contribution in [0.25, 0.3) is 0 Å². The first-order valence-corrected chi connectivity index (χ1v) is 9.36. The van der Waals surface area contributed by atoms with Crippen LogP contribution >= 0.6 is 11.6 Å². The van der Waals surface area contributed by atoms with Gasteiger partial charge in [0.2, 0.25) is 6.10 Å². The van der Waals surface area contributed by atoms with Crippen molar-refractivity contribution in [2.45, 2.75) is 31.8 Å². The molecule has 1 saturated carbocycles. The van der Waals surface area contributed by atoms with Crippen molar-refractivity contribution in [3.63, 3.8) is 0 Å². The van der Waals surface area contributed by atoms with Crippen LogP contribution in [0.15, 0.2) is 48.5 Å². The molecule has 5 nitrogen and oxygen atoms in total. The number of amides is 1. The molecular weight excluding hydrogens is 366 g/mol. The maximum Gasteiger partial charge on any atom is 0.310 e. The molecule has 0 heterocycles. The van der Waals surface area contributed by atoms with Gasteiger partial charge >= 0.3 is 5.97 Å². The Labute approximate surface area is 163 Å². The largest absolute Gasteiger partial charge is 0.495 e. The molecule has 1 amide bonds. The Morgan fingerprint density at radius 3 is 2.44 bits per heavy atom. The first-order valence-electron chi connectivity index (χ1n) is 8.98. The van der Waals surface area contributed by atoms with E-state index >= 15 is 0 Å². The van der Waals surface area contributed by atoms with Crippen molar-refractivity contribution in [1.29, 1.82) is 0 Å². The fourth-order valence-corrected chi connectivity index (χ4v) is 3.48. The van der Waals surface area contributed by atoms with E-state index in [4.69, 9.17) is 21.1 Å². The van der Waals surface area contributed by atoms with E-state index in [1.54, 1.807) is 30.3 Å². The van der Waals surface area contributed by atoms with Gasteiger partial charge < -0.3 is 14.8 Å². The highest BCUT2D eigenvalue weighted by Crippen LogP contribution is 2.30. The molecule has 0 radical (unpaired) electrons. The molecule has 0 spiro atoms. The summed E-state index contributed by atoms with van der Waals surface area (Å²) >= 11 is 6.12. The number of hydrogen-bond donors (Lipinski definition) is 1. The van der Waals surface area contributed by atoms with E-state index < -0.39 is 12.0 Å². The molecule has 3 rings (SSSR count). The molecule has 0 aromatic heterocycles. The number of nitrogens with one attached hydrogen (secondary N) is 1. The molecular formula is C21H22ClNO4. The number of methoxy groups -OCH3 is 1. The quantitative estimate of drug-likeness (QED) is 0.725. The summed E-state index contributed by atoms with van der Waals surface area (Å²) in [6.45, 7) is 0. The number of hydrogen-bond acceptors (Lipinski definition) is 4. The maximum atomic E-state index is 12.9. The molecule has 2 aromatic carbocycles. The zero-order valence-corrected chi connectivity index (χ0v) is 15.9. The molecule has 6 heteroatoms. The lowest BCUT2D eigenvalue weighted by atomic mass is 10.1. The molecule has 27 heavy (non-hydrogen) atoms. The monoisotopic (exact) mass is 387 g/mol. The summed E-state index contributed by atoms with van der Waals surface area (Å²) in [5.41, 5.74) is 1.13. The van der Waals surface area contributed by atoms with Gasteiger partial charge in [0.05, 0.1) is 18.1 Å². The number of ether oxygens (including phenoxy) is 2. The van der Waals surface area contributed by atoms with Crippen LogP contribution in [0.4, 0.5) is 5.69 Å². The van der Waals surface area contributed by atoms with Gasteiger partial charge in [-0.05, 0) is 31.0 Å². The average Bonchev–Trinajstić information content (AvgIpc) is 3.21. The van der Waals surface area contributed by atoms with Gasteiger partial charge in [0, 0.05) is 11.3 Å². The Morgan fingerprint density at radius 2 is 1.81 bits per heavy atom. The average molecular weight is 388 g/mol. The lowest BCUT2D eigenvalue weighted by Gasteiger charge is -2.20. The van der Waals surface area contributed by atoms with Gasteiger partial charge in [0.15, 0.2) is 0 Å². The van der Waals surface area contributed by atoms with Crippen molar-refractivity contribution >= 4 is 29.2 Å².